The minimum atomic E-state index is -0.399. The standard InChI is InChI=1S/C15H16N2O/c1-17-10-11-5-7-12(8-6-11)13-3-2-4-14(9-13)15(16)18/h2-9,17H,10H2,1H3,(H2,16,18). The summed E-state index contributed by atoms with van der Waals surface area (Å²) in [5.74, 6) is -0.399. The summed E-state index contributed by atoms with van der Waals surface area (Å²) >= 11 is 0. The first-order valence-corrected chi connectivity index (χ1v) is 5.84. The van der Waals surface area contributed by atoms with Crippen molar-refractivity contribution in [1.29, 1.82) is 0 Å². The molecule has 0 radical (unpaired) electrons. The van der Waals surface area contributed by atoms with Crippen LogP contribution >= 0.6 is 0 Å². The second-order valence-corrected chi connectivity index (χ2v) is 4.17. The molecular weight excluding hydrogens is 224 g/mol. The van der Waals surface area contributed by atoms with E-state index in [1.807, 2.05) is 37.4 Å². The van der Waals surface area contributed by atoms with Crippen LogP contribution in [-0.4, -0.2) is 13.0 Å². The Bertz CT molecular complexity index is 547. The van der Waals surface area contributed by atoms with Gasteiger partial charge in [-0.15, -0.1) is 0 Å². The third-order valence-electron chi connectivity index (χ3n) is 2.82. The van der Waals surface area contributed by atoms with Crippen LogP contribution in [0.3, 0.4) is 0 Å². The SMILES string of the molecule is CNCc1ccc(-c2cccc(C(N)=O)c2)cc1. The first kappa shape index (κ1) is 12.3. The molecule has 18 heavy (non-hydrogen) atoms. The molecule has 0 saturated heterocycles. The van der Waals surface area contributed by atoms with E-state index in [0.29, 0.717) is 5.56 Å². The molecule has 92 valence electrons. The van der Waals surface area contributed by atoms with Crippen molar-refractivity contribution < 1.29 is 4.79 Å². The summed E-state index contributed by atoms with van der Waals surface area (Å²) in [6, 6.07) is 15.6. The molecule has 2 rings (SSSR count). The summed E-state index contributed by atoms with van der Waals surface area (Å²) in [6.45, 7) is 0.849. The summed E-state index contributed by atoms with van der Waals surface area (Å²) in [5.41, 5.74) is 9.12. The average Bonchev–Trinajstić information content (AvgIpc) is 2.40. The third kappa shape index (κ3) is 2.76. The van der Waals surface area contributed by atoms with E-state index in [0.717, 1.165) is 17.7 Å². The van der Waals surface area contributed by atoms with Crippen LogP contribution < -0.4 is 11.1 Å². The molecule has 0 fully saturated rings. The van der Waals surface area contributed by atoms with E-state index in [1.165, 1.54) is 5.56 Å². The number of amides is 1. The molecule has 0 aliphatic heterocycles. The Morgan fingerprint density at radius 1 is 1.11 bits per heavy atom. The van der Waals surface area contributed by atoms with E-state index in [4.69, 9.17) is 5.73 Å². The largest absolute Gasteiger partial charge is 0.366 e. The number of rotatable bonds is 4. The molecule has 0 aliphatic carbocycles. The van der Waals surface area contributed by atoms with Gasteiger partial charge >= 0.3 is 0 Å². The van der Waals surface area contributed by atoms with Crippen molar-refractivity contribution in [2.45, 2.75) is 6.54 Å². The van der Waals surface area contributed by atoms with Gasteiger partial charge in [-0.3, -0.25) is 4.79 Å². The van der Waals surface area contributed by atoms with Crippen LogP contribution in [0.15, 0.2) is 48.5 Å². The number of nitrogens with one attached hydrogen (secondary N) is 1. The quantitative estimate of drug-likeness (QED) is 0.860. The van der Waals surface area contributed by atoms with Crippen LogP contribution in [0.1, 0.15) is 15.9 Å². The Kier molecular flexibility index (Phi) is 3.75. The van der Waals surface area contributed by atoms with Crippen LogP contribution in [0.2, 0.25) is 0 Å². The van der Waals surface area contributed by atoms with Crippen LogP contribution in [0.5, 0.6) is 0 Å². The Labute approximate surface area is 107 Å². The van der Waals surface area contributed by atoms with Crippen molar-refractivity contribution in [2.24, 2.45) is 5.73 Å². The van der Waals surface area contributed by atoms with Crippen molar-refractivity contribution in [3.05, 3.63) is 59.7 Å². The van der Waals surface area contributed by atoms with Crippen molar-refractivity contribution in [3.8, 4) is 11.1 Å². The molecule has 0 heterocycles. The molecule has 0 saturated carbocycles. The number of nitrogens with two attached hydrogens (primary N) is 1. The van der Waals surface area contributed by atoms with Crippen LogP contribution in [0.25, 0.3) is 11.1 Å². The van der Waals surface area contributed by atoms with Gasteiger partial charge in [-0.05, 0) is 35.9 Å². The van der Waals surface area contributed by atoms with E-state index >= 15 is 0 Å². The predicted molar refractivity (Wildman–Crippen MR) is 73.2 cm³/mol. The number of benzene rings is 2. The van der Waals surface area contributed by atoms with Gasteiger partial charge in [0.05, 0.1) is 0 Å². The summed E-state index contributed by atoms with van der Waals surface area (Å²) in [7, 11) is 1.92. The summed E-state index contributed by atoms with van der Waals surface area (Å²) < 4.78 is 0. The molecule has 3 N–H and O–H groups in total. The minimum absolute atomic E-state index is 0.399. The maximum absolute atomic E-state index is 11.1. The van der Waals surface area contributed by atoms with Crippen molar-refractivity contribution >= 4 is 5.91 Å². The summed E-state index contributed by atoms with van der Waals surface area (Å²) in [5, 5.41) is 3.11. The van der Waals surface area contributed by atoms with Crippen molar-refractivity contribution in [3.63, 3.8) is 0 Å². The lowest BCUT2D eigenvalue weighted by atomic mass is 10.0. The lowest BCUT2D eigenvalue weighted by molar-refractivity contribution is 0.100. The molecule has 2 aromatic carbocycles. The molecule has 2 aromatic rings. The number of hydrogen-bond acceptors (Lipinski definition) is 2. The maximum atomic E-state index is 11.1. The maximum Gasteiger partial charge on any atom is 0.248 e. The van der Waals surface area contributed by atoms with Gasteiger partial charge < -0.3 is 11.1 Å². The molecule has 1 amide bonds. The Hall–Kier alpha value is -2.13. The molecule has 0 aromatic heterocycles. The molecule has 0 bridgehead atoms. The zero-order chi connectivity index (χ0) is 13.0. The Morgan fingerprint density at radius 2 is 1.83 bits per heavy atom. The number of carbonyl (C=O) groups is 1. The number of carbonyl (C=O) groups excluding carboxylic acids is 1. The van der Waals surface area contributed by atoms with Gasteiger partial charge in [-0.2, -0.15) is 0 Å². The van der Waals surface area contributed by atoms with Gasteiger partial charge in [0.15, 0.2) is 0 Å². The highest BCUT2D eigenvalue weighted by Crippen LogP contribution is 2.20. The highest BCUT2D eigenvalue weighted by Gasteiger charge is 2.03. The van der Waals surface area contributed by atoms with E-state index in [-0.39, 0.29) is 0 Å². The Morgan fingerprint density at radius 3 is 2.44 bits per heavy atom. The summed E-state index contributed by atoms with van der Waals surface area (Å²) in [6.07, 6.45) is 0. The first-order valence-electron chi connectivity index (χ1n) is 5.84. The highest BCUT2D eigenvalue weighted by molar-refractivity contribution is 5.94. The van der Waals surface area contributed by atoms with Gasteiger partial charge in [0, 0.05) is 12.1 Å². The molecule has 0 spiro atoms. The smallest absolute Gasteiger partial charge is 0.248 e. The lowest BCUT2D eigenvalue weighted by Gasteiger charge is -2.05. The normalized spacial score (nSPS) is 10.3. The number of hydrogen-bond donors (Lipinski definition) is 2. The molecule has 0 unspecified atom stereocenters. The van der Waals surface area contributed by atoms with Crippen LogP contribution in [0, 0.1) is 0 Å². The van der Waals surface area contributed by atoms with E-state index < -0.39 is 5.91 Å². The fourth-order valence-corrected chi connectivity index (χ4v) is 1.87. The molecule has 0 aliphatic rings. The van der Waals surface area contributed by atoms with E-state index in [9.17, 15) is 4.79 Å². The Balaban J connectivity index is 2.30. The molecule has 3 heteroatoms. The fraction of sp³-hybridized carbons (Fsp3) is 0.133. The minimum Gasteiger partial charge on any atom is -0.366 e. The van der Waals surface area contributed by atoms with E-state index in [2.05, 4.69) is 17.4 Å². The van der Waals surface area contributed by atoms with Gasteiger partial charge in [0.1, 0.15) is 0 Å². The van der Waals surface area contributed by atoms with Gasteiger partial charge in [0.2, 0.25) is 5.91 Å². The van der Waals surface area contributed by atoms with Crippen LogP contribution in [-0.2, 0) is 6.54 Å². The topological polar surface area (TPSA) is 55.1 Å². The van der Waals surface area contributed by atoms with Crippen molar-refractivity contribution in [2.75, 3.05) is 7.05 Å². The molecular formula is C15H16N2O. The highest BCUT2D eigenvalue weighted by atomic mass is 16.1. The lowest BCUT2D eigenvalue weighted by Crippen LogP contribution is -2.10. The summed E-state index contributed by atoms with van der Waals surface area (Å²) in [4.78, 5) is 11.1. The van der Waals surface area contributed by atoms with Crippen molar-refractivity contribution in [1.82, 2.24) is 5.32 Å². The molecule has 3 nitrogen and oxygen atoms in total. The molecule has 0 atom stereocenters. The zero-order valence-corrected chi connectivity index (χ0v) is 10.3. The monoisotopic (exact) mass is 240 g/mol. The second kappa shape index (κ2) is 5.47. The van der Waals surface area contributed by atoms with Crippen LogP contribution in [0.4, 0.5) is 0 Å². The zero-order valence-electron chi connectivity index (χ0n) is 10.3. The van der Waals surface area contributed by atoms with Gasteiger partial charge in [-0.25, -0.2) is 0 Å². The predicted octanol–water partition coefficient (Wildman–Crippen LogP) is 2.17. The number of primary amides is 1. The average molecular weight is 240 g/mol. The van der Waals surface area contributed by atoms with Gasteiger partial charge in [-0.1, -0.05) is 36.4 Å². The first-order chi connectivity index (χ1) is 8.70. The second-order valence-electron chi connectivity index (χ2n) is 4.17. The van der Waals surface area contributed by atoms with E-state index in [1.54, 1.807) is 6.07 Å². The third-order valence-corrected chi connectivity index (χ3v) is 2.82. The van der Waals surface area contributed by atoms with Gasteiger partial charge in [0.25, 0.3) is 0 Å². The fourth-order valence-electron chi connectivity index (χ4n) is 1.87.